The molecule has 0 aromatic carbocycles. The molecule has 0 aliphatic rings. The number of aliphatic hydroxyl groups excluding tert-OH is 4. The SMILES string of the molecule is CCCCCCCCCCCCCCCCCCCCCCCCC/C=C/CCCC(O)C(O)C(CO)NC(=O)C(O)CCCCCCCCCCCCCCCCCCCCCCCCCCCCCCCCC. The Kier molecular flexibility index (Phi) is 63.1. The van der Waals surface area contributed by atoms with Crippen molar-refractivity contribution in [2.75, 3.05) is 6.61 Å². The monoisotopic (exact) mass is 1060 g/mol. The van der Waals surface area contributed by atoms with Crippen molar-refractivity contribution in [2.24, 2.45) is 0 Å². The molecule has 0 saturated heterocycles. The summed E-state index contributed by atoms with van der Waals surface area (Å²) in [5.74, 6) is -0.584. The number of carbonyl (C=O) groups is 1. The Balaban J connectivity index is 3.54. The number of hydrogen-bond donors (Lipinski definition) is 5. The van der Waals surface area contributed by atoms with Gasteiger partial charge in [0.15, 0.2) is 0 Å². The van der Waals surface area contributed by atoms with Gasteiger partial charge in [0.2, 0.25) is 5.91 Å². The molecule has 5 N–H and O–H groups in total. The molecule has 0 radical (unpaired) electrons. The van der Waals surface area contributed by atoms with Crippen LogP contribution in [-0.2, 0) is 4.79 Å². The van der Waals surface area contributed by atoms with Crippen LogP contribution < -0.4 is 5.32 Å². The van der Waals surface area contributed by atoms with E-state index in [1.165, 1.54) is 327 Å². The highest BCUT2D eigenvalue weighted by atomic mass is 16.3. The van der Waals surface area contributed by atoms with Gasteiger partial charge in [-0.15, -0.1) is 0 Å². The lowest BCUT2D eigenvalue weighted by Gasteiger charge is -2.27. The molecular weight excluding hydrogens is 923 g/mol. The average Bonchev–Trinajstić information content (AvgIpc) is 3.42. The van der Waals surface area contributed by atoms with E-state index in [9.17, 15) is 25.2 Å². The Morgan fingerprint density at radius 2 is 0.547 bits per heavy atom. The lowest BCUT2D eigenvalue weighted by atomic mass is 10.00. The first-order valence-electron chi connectivity index (χ1n) is 34.6. The van der Waals surface area contributed by atoms with Gasteiger partial charge >= 0.3 is 0 Å². The van der Waals surface area contributed by atoms with Crippen LogP contribution >= 0.6 is 0 Å². The summed E-state index contributed by atoms with van der Waals surface area (Å²) in [5, 5.41) is 44.2. The lowest BCUT2D eigenvalue weighted by Crippen LogP contribution is -2.53. The summed E-state index contributed by atoms with van der Waals surface area (Å²) in [6.45, 7) is 4.11. The van der Waals surface area contributed by atoms with E-state index < -0.39 is 36.9 Å². The highest BCUT2D eigenvalue weighted by Crippen LogP contribution is 2.20. The number of hydrogen-bond acceptors (Lipinski definition) is 5. The van der Waals surface area contributed by atoms with Crippen LogP contribution in [0.5, 0.6) is 0 Å². The molecule has 0 saturated carbocycles. The molecule has 0 fully saturated rings. The van der Waals surface area contributed by atoms with Crippen molar-refractivity contribution in [3.05, 3.63) is 12.2 Å². The van der Waals surface area contributed by atoms with E-state index >= 15 is 0 Å². The third kappa shape index (κ3) is 57.5. The summed E-state index contributed by atoms with van der Waals surface area (Å²) in [4.78, 5) is 12.7. The van der Waals surface area contributed by atoms with E-state index in [1.807, 2.05) is 0 Å². The summed E-state index contributed by atoms with van der Waals surface area (Å²) in [6, 6.07) is -1.00. The largest absolute Gasteiger partial charge is 0.394 e. The third-order valence-electron chi connectivity index (χ3n) is 16.7. The van der Waals surface area contributed by atoms with Crippen LogP contribution in [0, 0.1) is 0 Å². The Bertz CT molecular complexity index is 1100. The average molecular weight is 1060 g/mol. The van der Waals surface area contributed by atoms with Gasteiger partial charge in [-0.05, 0) is 38.5 Å². The third-order valence-corrected chi connectivity index (χ3v) is 16.7. The van der Waals surface area contributed by atoms with Crippen molar-refractivity contribution < 1.29 is 25.2 Å². The van der Waals surface area contributed by atoms with Crippen LogP contribution in [-0.4, -0.2) is 57.3 Å². The number of unbranched alkanes of at least 4 members (excludes halogenated alkanes) is 54. The smallest absolute Gasteiger partial charge is 0.249 e. The van der Waals surface area contributed by atoms with Gasteiger partial charge in [0.05, 0.1) is 18.8 Å². The molecule has 0 bridgehead atoms. The van der Waals surface area contributed by atoms with E-state index in [2.05, 4.69) is 31.3 Å². The predicted octanol–water partition coefficient (Wildman–Crippen LogP) is 21.2. The Hall–Kier alpha value is -0.950. The van der Waals surface area contributed by atoms with Gasteiger partial charge in [-0.3, -0.25) is 4.79 Å². The van der Waals surface area contributed by atoms with Gasteiger partial charge in [-0.2, -0.15) is 0 Å². The number of amides is 1. The minimum Gasteiger partial charge on any atom is -0.394 e. The zero-order valence-corrected chi connectivity index (χ0v) is 51.1. The van der Waals surface area contributed by atoms with Crippen molar-refractivity contribution in [2.45, 2.75) is 417 Å². The molecule has 448 valence electrons. The van der Waals surface area contributed by atoms with Crippen LogP contribution in [0.1, 0.15) is 393 Å². The number of carbonyl (C=O) groups excluding carboxylic acids is 1. The molecule has 6 nitrogen and oxygen atoms in total. The highest BCUT2D eigenvalue weighted by Gasteiger charge is 2.28. The second kappa shape index (κ2) is 63.9. The molecule has 0 aromatic heterocycles. The molecule has 6 heteroatoms. The summed E-state index contributed by atoms with van der Waals surface area (Å²) in [5.41, 5.74) is 0. The van der Waals surface area contributed by atoms with Crippen LogP contribution in [0.25, 0.3) is 0 Å². The quantitative estimate of drug-likeness (QED) is 0.0308. The van der Waals surface area contributed by atoms with E-state index in [1.54, 1.807) is 0 Å². The molecule has 0 rings (SSSR count). The second-order valence-electron chi connectivity index (χ2n) is 24.2. The molecule has 4 unspecified atom stereocenters. The molecule has 1 amide bonds. The van der Waals surface area contributed by atoms with Gasteiger partial charge in [-0.25, -0.2) is 0 Å². The van der Waals surface area contributed by atoms with Crippen LogP contribution in [0.4, 0.5) is 0 Å². The van der Waals surface area contributed by atoms with Crippen LogP contribution in [0.15, 0.2) is 12.2 Å². The first-order chi connectivity index (χ1) is 37.0. The fraction of sp³-hybridized carbons (Fsp3) is 0.957. The number of aliphatic hydroxyl groups is 4. The zero-order chi connectivity index (χ0) is 54.4. The first-order valence-corrected chi connectivity index (χ1v) is 34.6. The first kappa shape index (κ1) is 74.0. The lowest BCUT2D eigenvalue weighted by molar-refractivity contribution is -0.132. The van der Waals surface area contributed by atoms with Gasteiger partial charge in [0.1, 0.15) is 12.2 Å². The van der Waals surface area contributed by atoms with E-state index in [-0.39, 0.29) is 0 Å². The number of nitrogens with one attached hydrogen (secondary N) is 1. The van der Waals surface area contributed by atoms with Crippen molar-refractivity contribution in [1.82, 2.24) is 5.32 Å². The molecule has 4 atom stereocenters. The van der Waals surface area contributed by atoms with Crippen LogP contribution in [0.2, 0.25) is 0 Å². The van der Waals surface area contributed by atoms with Crippen LogP contribution in [0.3, 0.4) is 0 Å². The molecule has 0 spiro atoms. The Morgan fingerprint density at radius 3 is 0.800 bits per heavy atom. The van der Waals surface area contributed by atoms with E-state index in [0.29, 0.717) is 12.8 Å². The molecular formula is C69H137NO5. The summed E-state index contributed by atoms with van der Waals surface area (Å²) in [7, 11) is 0. The minimum atomic E-state index is -1.28. The Labute approximate surface area is 470 Å². The standard InChI is InChI=1S/C69H137NO5/c1-3-5-7-9-11-13-15-17-19-21-23-25-27-29-31-33-34-35-37-39-41-43-45-47-49-51-53-55-57-59-61-63-67(73)69(75)70-65(64-71)68(74)66(72)62-60-58-56-54-52-50-48-46-44-42-40-38-36-32-30-28-26-24-22-20-18-16-14-12-10-8-6-4-2/h54,56,65-68,71-74H,3-53,55,57-64H2,1-2H3,(H,70,75)/b56-54+. The summed E-state index contributed by atoms with van der Waals surface area (Å²) >= 11 is 0. The van der Waals surface area contributed by atoms with Gasteiger partial charge < -0.3 is 25.7 Å². The molecule has 0 aliphatic carbocycles. The number of allylic oxidation sites excluding steroid dienone is 2. The fourth-order valence-corrected chi connectivity index (χ4v) is 11.4. The van der Waals surface area contributed by atoms with Crippen molar-refractivity contribution in [3.8, 4) is 0 Å². The normalized spacial score (nSPS) is 13.5. The maximum absolute atomic E-state index is 12.7. The maximum atomic E-state index is 12.7. The minimum absolute atomic E-state index is 0.369. The van der Waals surface area contributed by atoms with Gasteiger partial charge in [-0.1, -0.05) is 366 Å². The van der Waals surface area contributed by atoms with Crippen molar-refractivity contribution >= 4 is 5.91 Å². The second-order valence-corrected chi connectivity index (χ2v) is 24.2. The Morgan fingerprint density at radius 1 is 0.320 bits per heavy atom. The van der Waals surface area contributed by atoms with E-state index in [0.717, 1.165) is 38.5 Å². The summed E-state index contributed by atoms with van der Waals surface area (Å²) < 4.78 is 0. The predicted molar refractivity (Wildman–Crippen MR) is 330 cm³/mol. The maximum Gasteiger partial charge on any atom is 0.249 e. The molecule has 0 aliphatic heterocycles. The zero-order valence-electron chi connectivity index (χ0n) is 51.1. The molecule has 0 aromatic rings. The molecule has 75 heavy (non-hydrogen) atoms. The van der Waals surface area contributed by atoms with E-state index in [4.69, 9.17) is 0 Å². The number of rotatable bonds is 65. The van der Waals surface area contributed by atoms with Crippen molar-refractivity contribution in [1.29, 1.82) is 0 Å². The highest BCUT2D eigenvalue weighted by molar-refractivity contribution is 5.80. The molecule has 0 heterocycles. The van der Waals surface area contributed by atoms with Crippen molar-refractivity contribution in [3.63, 3.8) is 0 Å². The van der Waals surface area contributed by atoms with Gasteiger partial charge in [0, 0.05) is 0 Å². The van der Waals surface area contributed by atoms with Gasteiger partial charge in [0.25, 0.3) is 0 Å². The topological polar surface area (TPSA) is 110 Å². The summed E-state index contributed by atoms with van der Waals surface area (Å²) in [6.07, 6.45) is 79.1. The fourth-order valence-electron chi connectivity index (χ4n) is 11.4.